The van der Waals surface area contributed by atoms with E-state index in [4.69, 9.17) is 17.0 Å². The molecule has 0 heterocycles. The van der Waals surface area contributed by atoms with Gasteiger partial charge >= 0.3 is 0 Å². The van der Waals surface area contributed by atoms with Gasteiger partial charge < -0.3 is 5.41 Å². The summed E-state index contributed by atoms with van der Waals surface area (Å²) in [5.74, 6) is 0. The smallest absolute Gasteiger partial charge is 0.0621 e. The van der Waals surface area contributed by atoms with Gasteiger partial charge in [-0.2, -0.15) is 0 Å². The van der Waals surface area contributed by atoms with E-state index in [1.54, 1.807) is 12.2 Å². The Morgan fingerprint density at radius 1 is 1.33 bits per heavy atom. The fraction of sp³-hybridized carbons (Fsp3) is 0. The normalized spacial score (nSPS) is 21.4. The summed E-state index contributed by atoms with van der Waals surface area (Å²) >= 11 is 5.39. The molecule has 0 amide bonds. The topological polar surface area (TPSA) is 23.9 Å². The van der Waals surface area contributed by atoms with Gasteiger partial charge in [-0.1, -0.05) is 29.8 Å². The Bertz CT molecular complexity index is 211. The second-order valence-electron chi connectivity index (χ2n) is 1.70. The molecule has 0 aromatic heterocycles. The van der Waals surface area contributed by atoms with Crippen molar-refractivity contribution in [1.29, 1.82) is 5.41 Å². The third-order valence-electron chi connectivity index (χ3n) is 1.08. The number of rotatable bonds is 0. The van der Waals surface area contributed by atoms with Crippen LogP contribution >= 0.6 is 11.6 Å². The largest absolute Gasteiger partial charge is 0.300 e. The minimum Gasteiger partial charge on any atom is -0.300 e. The fourth-order valence-corrected chi connectivity index (χ4v) is 0.782. The van der Waals surface area contributed by atoms with Crippen molar-refractivity contribution in [2.24, 2.45) is 0 Å². The van der Waals surface area contributed by atoms with Crippen LogP contribution in [0.1, 0.15) is 0 Å². The molecule has 0 bridgehead atoms. The number of hydrogen-bond acceptors (Lipinski definition) is 1. The highest BCUT2D eigenvalue weighted by molar-refractivity contribution is 6.29. The third-order valence-corrected chi connectivity index (χ3v) is 1.31. The van der Waals surface area contributed by atoms with Crippen LogP contribution in [0.5, 0.6) is 0 Å². The van der Waals surface area contributed by atoms with Gasteiger partial charge in [0.05, 0.1) is 5.71 Å². The Balaban J connectivity index is 2.91. The predicted octanol–water partition coefficient (Wildman–Crippen LogP) is 2.25. The molecule has 0 spiro atoms. The van der Waals surface area contributed by atoms with Gasteiger partial charge in [0.15, 0.2) is 0 Å². The molecule has 2 heteroatoms. The van der Waals surface area contributed by atoms with E-state index in [1.165, 1.54) is 5.54 Å². The zero-order chi connectivity index (χ0) is 6.69. The summed E-state index contributed by atoms with van der Waals surface area (Å²) in [7, 11) is 0. The molecule has 46 valence electrons. The van der Waals surface area contributed by atoms with Gasteiger partial charge in [-0.15, -0.1) is 0 Å². The van der Waals surface area contributed by atoms with E-state index in [9.17, 15) is 0 Å². The van der Waals surface area contributed by atoms with Crippen molar-refractivity contribution >= 4 is 17.3 Å². The maximum atomic E-state index is 7.26. The van der Waals surface area contributed by atoms with Crippen LogP contribution in [0.4, 0.5) is 0 Å². The lowest BCUT2D eigenvalue weighted by atomic mass is 10.1. The summed E-state index contributed by atoms with van der Waals surface area (Å²) in [5, 5.41) is 7.26. The number of nitrogens with one attached hydrogen (secondary N) is 1. The van der Waals surface area contributed by atoms with Crippen molar-refractivity contribution in [3.05, 3.63) is 35.4 Å². The quantitative estimate of drug-likeness (QED) is 0.532. The lowest BCUT2D eigenvalue weighted by Crippen LogP contribution is -1.95. The van der Waals surface area contributed by atoms with Gasteiger partial charge in [-0.3, -0.25) is 0 Å². The number of hydrogen-bond donors (Lipinski definition) is 1. The molecule has 0 aliphatic heterocycles. The molecule has 1 rings (SSSR count). The van der Waals surface area contributed by atoms with Gasteiger partial charge in [-0.25, -0.2) is 0 Å². The van der Waals surface area contributed by atoms with Gasteiger partial charge in [0.1, 0.15) is 0 Å². The van der Waals surface area contributed by atoms with E-state index in [0.29, 0.717) is 5.71 Å². The third kappa shape index (κ3) is 1.30. The highest BCUT2D eigenvalue weighted by Gasteiger charge is 1.97. The van der Waals surface area contributed by atoms with Crippen LogP contribution < -0.4 is 0 Å². The zero-order valence-corrected chi connectivity index (χ0v) is 5.52. The Hall–Kier alpha value is -0.820. The van der Waals surface area contributed by atoms with E-state index in [-0.39, 0.29) is 0 Å². The Morgan fingerprint density at radius 3 is 2.44 bits per heavy atom. The Morgan fingerprint density at radius 2 is 2.00 bits per heavy atom. The minimum atomic E-state index is 0.465. The SMILES string of the molecule is N=C1C=CC=C/C1=C/Cl. The maximum absolute atomic E-state index is 7.26. The summed E-state index contributed by atoms with van der Waals surface area (Å²) in [6.07, 6.45) is 7.17. The lowest BCUT2D eigenvalue weighted by molar-refractivity contribution is 1.50. The summed E-state index contributed by atoms with van der Waals surface area (Å²) in [6.45, 7) is 0. The second kappa shape index (κ2) is 2.65. The molecule has 0 fully saturated rings. The molecular formula is C7H6ClN. The first kappa shape index (κ1) is 6.30. The van der Waals surface area contributed by atoms with Crippen LogP contribution in [0.3, 0.4) is 0 Å². The zero-order valence-electron chi connectivity index (χ0n) is 4.76. The molecule has 0 atom stereocenters. The average molecular weight is 140 g/mol. The van der Waals surface area contributed by atoms with Crippen LogP contribution in [0.15, 0.2) is 35.4 Å². The lowest BCUT2D eigenvalue weighted by Gasteiger charge is -1.99. The molecule has 0 aromatic carbocycles. The standard InChI is InChI=1S/C7H6ClN/c8-5-6-3-1-2-4-7(6)9/h1-5,9H/b6-5-,9-7?. The summed E-state index contributed by atoms with van der Waals surface area (Å²) in [6, 6.07) is 0. The monoisotopic (exact) mass is 139 g/mol. The highest BCUT2D eigenvalue weighted by Crippen LogP contribution is 2.06. The molecule has 9 heavy (non-hydrogen) atoms. The highest BCUT2D eigenvalue weighted by atomic mass is 35.5. The van der Waals surface area contributed by atoms with Crippen LogP contribution in [-0.2, 0) is 0 Å². The van der Waals surface area contributed by atoms with Crippen LogP contribution in [0.25, 0.3) is 0 Å². The first-order chi connectivity index (χ1) is 4.34. The summed E-state index contributed by atoms with van der Waals surface area (Å²) < 4.78 is 0. The molecule has 0 aromatic rings. The van der Waals surface area contributed by atoms with E-state index in [1.807, 2.05) is 12.2 Å². The Kier molecular flexibility index (Phi) is 1.85. The van der Waals surface area contributed by atoms with E-state index >= 15 is 0 Å². The van der Waals surface area contributed by atoms with Crippen molar-refractivity contribution in [2.45, 2.75) is 0 Å². The molecule has 1 N–H and O–H groups in total. The molecular weight excluding hydrogens is 134 g/mol. The van der Waals surface area contributed by atoms with Crippen LogP contribution in [-0.4, -0.2) is 5.71 Å². The molecule has 0 saturated carbocycles. The number of allylic oxidation sites excluding steroid dienone is 5. The van der Waals surface area contributed by atoms with Gasteiger partial charge in [0, 0.05) is 11.1 Å². The second-order valence-corrected chi connectivity index (χ2v) is 1.91. The molecule has 0 saturated heterocycles. The fourth-order valence-electron chi connectivity index (χ4n) is 0.592. The van der Waals surface area contributed by atoms with E-state index in [2.05, 4.69) is 0 Å². The van der Waals surface area contributed by atoms with Gasteiger partial charge in [-0.05, 0) is 6.08 Å². The predicted molar refractivity (Wildman–Crippen MR) is 39.9 cm³/mol. The minimum absolute atomic E-state index is 0.465. The molecule has 0 radical (unpaired) electrons. The molecule has 1 aliphatic carbocycles. The average Bonchev–Trinajstić information content (AvgIpc) is 1.89. The van der Waals surface area contributed by atoms with Crippen molar-refractivity contribution in [3.8, 4) is 0 Å². The maximum Gasteiger partial charge on any atom is 0.0621 e. The molecule has 1 nitrogen and oxygen atoms in total. The first-order valence-electron chi connectivity index (χ1n) is 2.58. The Labute approximate surface area is 58.8 Å². The summed E-state index contributed by atoms with van der Waals surface area (Å²) in [4.78, 5) is 0. The van der Waals surface area contributed by atoms with Gasteiger partial charge in [0.2, 0.25) is 0 Å². The van der Waals surface area contributed by atoms with Crippen molar-refractivity contribution in [2.75, 3.05) is 0 Å². The first-order valence-corrected chi connectivity index (χ1v) is 3.02. The molecule has 1 aliphatic rings. The molecule has 0 unspecified atom stereocenters. The number of halogens is 1. The van der Waals surface area contributed by atoms with Crippen LogP contribution in [0.2, 0.25) is 0 Å². The van der Waals surface area contributed by atoms with Crippen molar-refractivity contribution in [3.63, 3.8) is 0 Å². The van der Waals surface area contributed by atoms with Crippen LogP contribution in [0, 0.1) is 5.41 Å². The summed E-state index contributed by atoms with van der Waals surface area (Å²) in [5.41, 5.74) is 2.63. The van der Waals surface area contributed by atoms with E-state index < -0.39 is 0 Å². The van der Waals surface area contributed by atoms with Crippen molar-refractivity contribution in [1.82, 2.24) is 0 Å². The van der Waals surface area contributed by atoms with Gasteiger partial charge in [0.25, 0.3) is 0 Å². The van der Waals surface area contributed by atoms with E-state index in [0.717, 1.165) is 5.57 Å². The van der Waals surface area contributed by atoms with Crippen molar-refractivity contribution < 1.29 is 0 Å².